The Morgan fingerprint density at radius 2 is 1.72 bits per heavy atom. The Morgan fingerprint density at radius 3 is 2.28 bits per heavy atom. The van der Waals surface area contributed by atoms with Crippen molar-refractivity contribution in [2.75, 3.05) is 10.0 Å². The molecule has 0 radical (unpaired) electrons. The fraction of sp³-hybridized carbons (Fsp3) is 0.0769. The zero-order valence-electron chi connectivity index (χ0n) is 12.9. The zero-order chi connectivity index (χ0) is 18.9. The Labute approximate surface area is 146 Å². The van der Waals surface area contributed by atoms with Gasteiger partial charge in [-0.25, -0.2) is 35.7 Å². The number of aryl methyl sites for hydroxylation is 1. The minimum atomic E-state index is -1.07. The summed E-state index contributed by atoms with van der Waals surface area (Å²) in [5.41, 5.74) is 10.7. The van der Waals surface area contributed by atoms with Gasteiger partial charge in [0.2, 0.25) is 0 Å². The van der Waals surface area contributed by atoms with Gasteiger partial charge in [0, 0.05) is 16.1 Å². The number of urea groups is 2. The van der Waals surface area contributed by atoms with Crippen molar-refractivity contribution < 1.29 is 14.0 Å². The number of nitrogens with two attached hydrogens (primary N) is 4. The van der Waals surface area contributed by atoms with E-state index in [1.807, 2.05) is 0 Å². The molecule has 1 heterocycles. The maximum atomic E-state index is 13.6. The number of anilines is 2. The van der Waals surface area contributed by atoms with Crippen molar-refractivity contribution in [1.29, 1.82) is 0 Å². The molecule has 0 fully saturated rings. The Morgan fingerprint density at radius 1 is 1.12 bits per heavy atom. The number of hydrazine groups is 2. The van der Waals surface area contributed by atoms with Crippen LogP contribution in [0.2, 0.25) is 5.02 Å². The lowest BCUT2D eigenvalue weighted by Gasteiger charge is -2.21. The van der Waals surface area contributed by atoms with Crippen molar-refractivity contribution in [2.24, 2.45) is 23.2 Å². The highest BCUT2D eigenvalue weighted by atomic mass is 35.5. The fourth-order valence-electron chi connectivity index (χ4n) is 2.03. The Hall–Kier alpha value is -3.02. The van der Waals surface area contributed by atoms with E-state index in [1.54, 1.807) is 0 Å². The van der Waals surface area contributed by atoms with Crippen LogP contribution in [0.15, 0.2) is 18.2 Å². The molecule has 0 aliphatic heterocycles. The van der Waals surface area contributed by atoms with Gasteiger partial charge in [-0.05, 0) is 25.1 Å². The molecule has 0 bridgehead atoms. The van der Waals surface area contributed by atoms with Crippen LogP contribution in [0.4, 0.5) is 25.7 Å². The van der Waals surface area contributed by atoms with Gasteiger partial charge in [-0.15, -0.1) is 0 Å². The van der Waals surface area contributed by atoms with Gasteiger partial charge < -0.3 is 11.5 Å². The van der Waals surface area contributed by atoms with E-state index in [4.69, 9.17) is 34.8 Å². The van der Waals surface area contributed by atoms with E-state index in [2.05, 4.69) is 9.97 Å². The molecule has 0 saturated heterocycles. The first-order valence-electron chi connectivity index (χ1n) is 6.66. The van der Waals surface area contributed by atoms with Gasteiger partial charge in [-0.2, -0.15) is 9.99 Å². The second kappa shape index (κ2) is 6.84. The largest absolute Gasteiger partial charge is 0.350 e. The average molecular weight is 369 g/mol. The van der Waals surface area contributed by atoms with E-state index < -0.39 is 17.9 Å². The van der Waals surface area contributed by atoms with Crippen LogP contribution in [0, 0.1) is 12.7 Å². The standard InChI is InChI=1S/C13H14ClFN8O2/c1-5-9(7-4-6(15)2-3-8(7)14)10(22(18)11(16)24)21-13(20-5)23(19)12(17)25/h2-4H,18-19H2,1H3,(H2,16,24)(H2,17,25). The maximum Gasteiger partial charge on any atom is 0.336 e. The number of hydrogen-bond acceptors (Lipinski definition) is 6. The van der Waals surface area contributed by atoms with Crippen molar-refractivity contribution >= 4 is 35.4 Å². The van der Waals surface area contributed by atoms with E-state index in [0.29, 0.717) is 10.0 Å². The molecule has 0 aliphatic carbocycles. The van der Waals surface area contributed by atoms with E-state index >= 15 is 0 Å². The molecule has 1 aromatic heterocycles. The maximum absolute atomic E-state index is 13.6. The van der Waals surface area contributed by atoms with Crippen LogP contribution < -0.4 is 33.2 Å². The van der Waals surface area contributed by atoms with E-state index in [1.165, 1.54) is 13.0 Å². The quantitative estimate of drug-likeness (QED) is 0.354. The number of aromatic nitrogens is 2. The van der Waals surface area contributed by atoms with Crippen LogP contribution in [-0.2, 0) is 0 Å². The topological polar surface area (TPSA) is 170 Å². The highest BCUT2D eigenvalue weighted by Gasteiger charge is 2.24. The van der Waals surface area contributed by atoms with Gasteiger partial charge in [0.05, 0.1) is 5.69 Å². The summed E-state index contributed by atoms with van der Waals surface area (Å²) in [7, 11) is 0. The summed E-state index contributed by atoms with van der Waals surface area (Å²) < 4.78 is 13.6. The molecule has 8 N–H and O–H groups in total. The summed E-state index contributed by atoms with van der Waals surface area (Å²) >= 11 is 6.10. The van der Waals surface area contributed by atoms with E-state index in [0.717, 1.165) is 12.1 Å². The molecule has 0 saturated carbocycles. The molecule has 0 spiro atoms. The zero-order valence-corrected chi connectivity index (χ0v) is 13.7. The molecule has 12 heteroatoms. The second-order valence-corrected chi connectivity index (χ2v) is 5.26. The van der Waals surface area contributed by atoms with Crippen molar-refractivity contribution in [1.82, 2.24) is 9.97 Å². The van der Waals surface area contributed by atoms with E-state index in [9.17, 15) is 14.0 Å². The molecule has 1 aromatic carbocycles. The molecular weight excluding hydrogens is 355 g/mol. The smallest absolute Gasteiger partial charge is 0.336 e. The van der Waals surface area contributed by atoms with Crippen LogP contribution in [0.3, 0.4) is 0 Å². The van der Waals surface area contributed by atoms with Crippen molar-refractivity contribution in [2.45, 2.75) is 6.92 Å². The first-order valence-corrected chi connectivity index (χ1v) is 7.03. The number of rotatable bonds is 3. The summed E-state index contributed by atoms with van der Waals surface area (Å²) in [6, 6.07) is 1.46. The number of nitrogens with zero attached hydrogens (tertiary/aromatic N) is 4. The van der Waals surface area contributed by atoms with Gasteiger partial charge in [-0.1, -0.05) is 11.6 Å². The summed E-state index contributed by atoms with van der Waals surface area (Å²) in [5, 5.41) is 1.09. The highest BCUT2D eigenvalue weighted by Crippen LogP contribution is 2.36. The molecule has 0 aliphatic rings. The SMILES string of the molecule is Cc1nc(N(N)C(N)=O)nc(N(N)C(N)=O)c1-c1cc(F)ccc1Cl. The van der Waals surface area contributed by atoms with Gasteiger partial charge in [-0.3, -0.25) is 0 Å². The number of hydrogen-bond donors (Lipinski definition) is 4. The van der Waals surface area contributed by atoms with Gasteiger partial charge in [0.15, 0.2) is 5.82 Å². The number of amides is 4. The summed E-state index contributed by atoms with van der Waals surface area (Å²) in [5.74, 6) is 9.94. The van der Waals surface area contributed by atoms with Crippen LogP contribution in [0.25, 0.3) is 11.1 Å². The van der Waals surface area contributed by atoms with E-state index in [-0.39, 0.29) is 33.6 Å². The van der Waals surface area contributed by atoms with Gasteiger partial charge >= 0.3 is 12.1 Å². The lowest BCUT2D eigenvalue weighted by atomic mass is 10.0. The molecule has 25 heavy (non-hydrogen) atoms. The van der Waals surface area contributed by atoms with Crippen molar-refractivity contribution in [3.8, 4) is 11.1 Å². The molecule has 0 unspecified atom stereocenters. The predicted octanol–water partition coefficient (Wildman–Crippen LogP) is 0.762. The lowest BCUT2D eigenvalue weighted by molar-refractivity contribution is 0.253. The highest BCUT2D eigenvalue weighted by molar-refractivity contribution is 6.33. The monoisotopic (exact) mass is 368 g/mol. The second-order valence-electron chi connectivity index (χ2n) is 4.85. The third-order valence-corrected chi connectivity index (χ3v) is 3.50. The van der Waals surface area contributed by atoms with Crippen LogP contribution >= 0.6 is 11.6 Å². The normalized spacial score (nSPS) is 10.4. The first kappa shape index (κ1) is 18.3. The van der Waals surface area contributed by atoms with Crippen LogP contribution in [0.5, 0.6) is 0 Å². The average Bonchev–Trinajstić information content (AvgIpc) is 2.54. The number of halogens is 2. The number of carbonyl (C=O) groups is 2. The Balaban J connectivity index is 2.80. The molecule has 2 rings (SSSR count). The fourth-order valence-corrected chi connectivity index (χ4v) is 2.24. The number of benzene rings is 1. The van der Waals surface area contributed by atoms with Crippen molar-refractivity contribution in [3.63, 3.8) is 0 Å². The van der Waals surface area contributed by atoms with Crippen LogP contribution in [0.1, 0.15) is 5.69 Å². The minimum Gasteiger partial charge on any atom is -0.350 e. The molecule has 0 atom stereocenters. The lowest BCUT2D eigenvalue weighted by Crippen LogP contribution is -2.45. The summed E-state index contributed by atoms with van der Waals surface area (Å²) in [6.45, 7) is 1.49. The molecule has 10 nitrogen and oxygen atoms in total. The molecule has 2 aromatic rings. The first-order chi connectivity index (χ1) is 11.6. The summed E-state index contributed by atoms with van der Waals surface area (Å²) in [4.78, 5) is 30.6. The van der Waals surface area contributed by atoms with Crippen molar-refractivity contribution in [3.05, 3.63) is 34.7 Å². The van der Waals surface area contributed by atoms with Gasteiger partial charge in [0.25, 0.3) is 5.95 Å². The Kier molecular flexibility index (Phi) is 5.02. The van der Waals surface area contributed by atoms with Crippen LogP contribution in [-0.4, -0.2) is 22.0 Å². The number of primary amides is 2. The third-order valence-electron chi connectivity index (χ3n) is 3.18. The third kappa shape index (κ3) is 3.57. The predicted molar refractivity (Wildman–Crippen MR) is 89.7 cm³/mol. The molecular formula is C13H14ClFN8O2. The molecule has 132 valence electrons. The number of carbonyl (C=O) groups excluding carboxylic acids is 2. The Bertz CT molecular complexity index is 862. The summed E-state index contributed by atoms with van der Waals surface area (Å²) in [6.07, 6.45) is 0. The van der Waals surface area contributed by atoms with Gasteiger partial charge in [0.1, 0.15) is 5.82 Å². The minimum absolute atomic E-state index is 0.132. The molecule has 4 amide bonds.